The van der Waals surface area contributed by atoms with Crippen molar-refractivity contribution in [2.75, 3.05) is 0 Å². The molecule has 33 heavy (non-hydrogen) atoms. The van der Waals surface area contributed by atoms with Gasteiger partial charge in [-0.25, -0.2) is 5.43 Å². The number of hydrogen-bond donors (Lipinski definition) is 1. The average Bonchev–Trinajstić information content (AvgIpc) is 3.18. The van der Waals surface area contributed by atoms with E-state index in [0.29, 0.717) is 12.2 Å². The molecule has 1 amide bonds. The molecule has 0 saturated carbocycles. The van der Waals surface area contributed by atoms with Gasteiger partial charge in [-0.15, -0.1) is 0 Å². The first-order valence-electron chi connectivity index (χ1n) is 9.69. The molecular weight excluding hydrogens is 825 g/mol. The number of fused-ring (bicyclic) bond motifs is 1. The van der Waals surface area contributed by atoms with E-state index in [2.05, 4.69) is 119 Å². The maximum absolute atomic E-state index is 12.5. The third-order valence-corrected chi connectivity index (χ3v) is 7.49. The molecule has 1 N–H and O–H groups in total. The summed E-state index contributed by atoms with van der Waals surface area (Å²) in [6.07, 6.45) is 1.61. The average molecular weight is 841 g/mol. The van der Waals surface area contributed by atoms with Crippen LogP contribution in [0.25, 0.3) is 11.0 Å². The third-order valence-electron chi connectivity index (χ3n) is 4.63. The van der Waals surface area contributed by atoms with Crippen molar-refractivity contribution in [3.63, 3.8) is 0 Å². The number of rotatable bonds is 6. The number of benzene rings is 3. The Morgan fingerprint density at radius 2 is 1.85 bits per heavy atom. The number of nitrogens with zero attached hydrogens (tertiary/aromatic N) is 1. The molecule has 1 heterocycles. The van der Waals surface area contributed by atoms with Gasteiger partial charge in [-0.05, 0) is 116 Å². The molecule has 0 atom stereocenters. The molecule has 5 nitrogen and oxygen atoms in total. The molecule has 0 bridgehead atoms. The summed E-state index contributed by atoms with van der Waals surface area (Å²) >= 11 is 10.1. The van der Waals surface area contributed by atoms with Crippen LogP contribution in [-0.2, 0) is 6.61 Å². The highest BCUT2D eigenvalue weighted by Crippen LogP contribution is 2.30. The highest BCUT2D eigenvalue weighted by Gasteiger charge is 2.14. The van der Waals surface area contributed by atoms with Gasteiger partial charge in [0.1, 0.15) is 17.9 Å². The number of hydrogen-bond acceptors (Lipinski definition) is 4. The van der Waals surface area contributed by atoms with Crippen molar-refractivity contribution in [3.8, 4) is 5.75 Å². The maximum Gasteiger partial charge on any atom is 0.307 e. The molecule has 0 aliphatic rings. The molecule has 4 rings (SSSR count). The molecular formula is C24H16BrI3N2O3. The lowest BCUT2D eigenvalue weighted by atomic mass is 10.1. The fourth-order valence-corrected chi connectivity index (χ4v) is 6.95. The Morgan fingerprint density at radius 3 is 2.58 bits per heavy atom. The second-order valence-electron chi connectivity index (χ2n) is 7.21. The molecule has 1 aromatic heterocycles. The van der Waals surface area contributed by atoms with Crippen LogP contribution in [0.1, 0.15) is 27.2 Å². The Hall–Kier alpha value is -1.19. The zero-order valence-electron chi connectivity index (χ0n) is 17.2. The Morgan fingerprint density at radius 1 is 1.09 bits per heavy atom. The number of carbonyl (C=O) groups is 1. The van der Waals surface area contributed by atoms with E-state index < -0.39 is 5.91 Å². The summed E-state index contributed by atoms with van der Waals surface area (Å²) in [5.74, 6) is 0.640. The van der Waals surface area contributed by atoms with E-state index in [1.54, 1.807) is 12.3 Å². The predicted molar refractivity (Wildman–Crippen MR) is 159 cm³/mol. The molecule has 0 aliphatic heterocycles. The lowest BCUT2D eigenvalue weighted by Gasteiger charge is -2.12. The van der Waals surface area contributed by atoms with Gasteiger partial charge in [0.05, 0.1) is 16.9 Å². The first-order valence-corrected chi connectivity index (χ1v) is 13.7. The van der Waals surface area contributed by atoms with E-state index >= 15 is 0 Å². The lowest BCUT2D eigenvalue weighted by molar-refractivity contribution is 0.0929. The molecule has 0 fully saturated rings. The van der Waals surface area contributed by atoms with Crippen LogP contribution in [0.15, 0.2) is 68.6 Å². The minimum Gasteiger partial charge on any atom is -0.487 e. The summed E-state index contributed by atoms with van der Waals surface area (Å²) < 4.78 is 15.6. The summed E-state index contributed by atoms with van der Waals surface area (Å²) in [7, 11) is 0. The normalized spacial score (nSPS) is 11.3. The summed E-state index contributed by atoms with van der Waals surface area (Å²) in [6, 6.07) is 17.7. The van der Waals surface area contributed by atoms with Gasteiger partial charge in [0.2, 0.25) is 0 Å². The first-order chi connectivity index (χ1) is 15.8. The molecule has 0 unspecified atom stereocenters. The van der Waals surface area contributed by atoms with Crippen LogP contribution in [-0.4, -0.2) is 12.1 Å². The van der Waals surface area contributed by atoms with Crippen LogP contribution >= 0.6 is 83.7 Å². The van der Waals surface area contributed by atoms with Gasteiger partial charge in [0.25, 0.3) is 0 Å². The summed E-state index contributed by atoms with van der Waals surface area (Å²) in [5.41, 5.74) is 6.41. The SMILES string of the molecule is Cc1cccc(COc2c(I)cc(/C=N\NC(=O)c3cc4cc(Br)cc(I)c4o3)cc2I)c1. The molecule has 3 aromatic carbocycles. The Labute approximate surface area is 240 Å². The van der Waals surface area contributed by atoms with Crippen molar-refractivity contribution < 1.29 is 13.9 Å². The number of aryl methyl sites for hydroxylation is 1. The largest absolute Gasteiger partial charge is 0.487 e. The van der Waals surface area contributed by atoms with Crippen molar-refractivity contribution in [3.05, 3.63) is 92.2 Å². The van der Waals surface area contributed by atoms with E-state index in [0.717, 1.165) is 37.4 Å². The maximum atomic E-state index is 12.5. The minimum atomic E-state index is -0.406. The van der Waals surface area contributed by atoms with Crippen LogP contribution in [0.2, 0.25) is 0 Å². The molecule has 9 heteroatoms. The Kier molecular flexibility index (Phi) is 8.33. The topological polar surface area (TPSA) is 63.8 Å². The highest BCUT2D eigenvalue weighted by molar-refractivity contribution is 14.1. The molecule has 4 aromatic rings. The van der Waals surface area contributed by atoms with Gasteiger partial charge in [0.15, 0.2) is 5.76 Å². The van der Waals surface area contributed by atoms with Gasteiger partial charge in [-0.1, -0.05) is 45.8 Å². The molecule has 0 aliphatic carbocycles. The molecule has 0 spiro atoms. The smallest absolute Gasteiger partial charge is 0.307 e. The number of ether oxygens (including phenoxy) is 1. The van der Waals surface area contributed by atoms with Crippen molar-refractivity contribution in [1.82, 2.24) is 5.43 Å². The Balaban J connectivity index is 1.43. The zero-order chi connectivity index (χ0) is 23.5. The monoisotopic (exact) mass is 840 g/mol. The lowest BCUT2D eigenvalue weighted by Crippen LogP contribution is -2.16. The van der Waals surface area contributed by atoms with Gasteiger partial charge in [0, 0.05) is 9.86 Å². The van der Waals surface area contributed by atoms with Gasteiger partial charge < -0.3 is 9.15 Å². The van der Waals surface area contributed by atoms with Crippen LogP contribution < -0.4 is 10.2 Å². The molecule has 0 saturated heterocycles. The van der Waals surface area contributed by atoms with Crippen LogP contribution in [0.3, 0.4) is 0 Å². The second kappa shape index (κ2) is 11.0. The minimum absolute atomic E-state index is 0.210. The molecule has 0 radical (unpaired) electrons. The van der Waals surface area contributed by atoms with Crippen molar-refractivity contribution in [1.29, 1.82) is 0 Å². The third kappa shape index (κ3) is 6.28. The van der Waals surface area contributed by atoms with E-state index in [4.69, 9.17) is 9.15 Å². The fraction of sp³-hybridized carbons (Fsp3) is 0.0833. The quantitative estimate of drug-likeness (QED) is 0.123. The van der Waals surface area contributed by atoms with E-state index in [-0.39, 0.29) is 5.76 Å². The van der Waals surface area contributed by atoms with Crippen LogP contribution in [0.5, 0.6) is 5.75 Å². The van der Waals surface area contributed by atoms with Crippen molar-refractivity contribution in [2.24, 2.45) is 5.10 Å². The van der Waals surface area contributed by atoms with Gasteiger partial charge in [-0.3, -0.25) is 4.79 Å². The standard InChI is InChI=1S/C24H16BrI3N2O3/c1-13-3-2-4-14(5-13)12-32-23-18(26)6-15(7-19(23)27)11-29-30-24(31)21-9-16-8-17(25)10-20(28)22(16)33-21/h2-11H,12H2,1H3,(H,30,31)/b29-11-. The second-order valence-corrected chi connectivity index (χ2v) is 11.6. The summed E-state index contributed by atoms with van der Waals surface area (Å²) in [6.45, 7) is 2.57. The van der Waals surface area contributed by atoms with Crippen molar-refractivity contribution in [2.45, 2.75) is 13.5 Å². The summed E-state index contributed by atoms with van der Waals surface area (Å²) in [4.78, 5) is 12.5. The first kappa shape index (κ1) is 24.9. The van der Waals surface area contributed by atoms with Gasteiger partial charge in [-0.2, -0.15) is 5.10 Å². The number of carbonyl (C=O) groups excluding carboxylic acids is 1. The number of furan rings is 1. The van der Waals surface area contributed by atoms with E-state index in [9.17, 15) is 4.79 Å². The fourth-order valence-electron chi connectivity index (χ4n) is 3.16. The van der Waals surface area contributed by atoms with Crippen LogP contribution in [0.4, 0.5) is 0 Å². The van der Waals surface area contributed by atoms with E-state index in [1.807, 2.05) is 30.3 Å². The van der Waals surface area contributed by atoms with Crippen molar-refractivity contribution >= 4 is 107 Å². The number of hydrazone groups is 1. The van der Waals surface area contributed by atoms with E-state index in [1.165, 1.54) is 5.56 Å². The highest BCUT2D eigenvalue weighted by atomic mass is 127. The zero-order valence-corrected chi connectivity index (χ0v) is 25.2. The Bertz CT molecular complexity index is 1360. The molecule has 168 valence electrons. The number of halogens is 4. The summed E-state index contributed by atoms with van der Waals surface area (Å²) in [5, 5.41) is 4.95. The van der Waals surface area contributed by atoms with Crippen LogP contribution in [0, 0.1) is 17.6 Å². The number of nitrogens with one attached hydrogen (secondary N) is 1. The van der Waals surface area contributed by atoms with Gasteiger partial charge >= 0.3 is 5.91 Å². The number of amides is 1. The predicted octanol–water partition coefficient (Wildman–Crippen LogP) is 7.66.